The van der Waals surface area contributed by atoms with E-state index in [1.165, 1.54) is 0 Å². The first-order valence-electron chi connectivity index (χ1n) is 5.89. The quantitative estimate of drug-likeness (QED) is 0.565. The fourth-order valence-electron chi connectivity index (χ4n) is 1.34. The number of aliphatic carboxylic acids is 1. The van der Waals surface area contributed by atoms with Crippen LogP contribution in [0.3, 0.4) is 0 Å². The van der Waals surface area contributed by atoms with Gasteiger partial charge in [-0.3, -0.25) is 9.00 Å². The van der Waals surface area contributed by atoms with Crippen molar-refractivity contribution < 1.29 is 18.9 Å². The molecule has 0 fully saturated rings. The molecule has 0 saturated heterocycles. The first-order chi connectivity index (χ1) is 8.32. The van der Waals surface area contributed by atoms with E-state index in [9.17, 15) is 13.8 Å². The van der Waals surface area contributed by atoms with Crippen LogP contribution in [0.15, 0.2) is 0 Å². The molecule has 2 amide bonds. The molecule has 0 aromatic heterocycles. The lowest BCUT2D eigenvalue weighted by atomic mass is 10.0. The molecule has 0 saturated carbocycles. The van der Waals surface area contributed by atoms with E-state index in [1.807, 2.05) is 13.8 Å². The number of carbonyl (C=O) groups excluding carboxylic acids is 1. The lowest BCUT2D eigenvalue weighted by Crippen LogP contribution is -2.45. The number of urea groups is 1. The maximum Gasteiger partial charge on any atom is 0.315 e. The van der Waals surface area contributed by atoms with Crippen molar-refractivity contribution in [3.05, 3.63) is 0 Å². The van der Waals surface area contributed by atoms with Gasteiger partial charge in [-0.1, -0.05) is 13.8 Å². The molecule has 3 N–H and O–H groups in total. The summed E-state index contributed by atoms with van der Waals surface area (Å²) >= 11 is 0. The third kappa shape index (κ3) is 8.98. The van der Waals surface area contributed by atoms with Crippen LogP contribution in [-0.2, 0) is 15.6 Å². The van der Waals surface area contributed by atoms with Gasteiger partial charge in [-0.25, -0.2) is 4.79 Å². The number of carboxylic acid groups (broad SMARTS) is 1. The Morgan fingerprint density at radius 2 is 1.94 bits per heavy atom. The summed E-state index contributed by atoms with van der Waals surface area (Å²) in [7, 11) is -0.856. The molecule has 106 valence electrons. The van der Waals surface area contributed by atoms with Crippen molar-refractivity contribution in [1.82, 2.24) is 10.6 Å². The van der Waals surface area contributed by atoms with Crippen molar-refractivity contribution in [3.63, 3.8) is 0 Å². The Morgan fingerprint density at radius 1 is 1.33 bits per heavy atom. The van der Waals surface area contributed by atoms with Gasteiger partial charge >= 0.3 is 12.0 Å². The fourth-order valence-corrected chi connectivity index (χ4v) is 1.89. The third-order valence-corrected chi connectivity index (χ3v) is 3.27. The van der Waals surface area contributed by atoms with Crippen LogP contribution in [0, 0.1) is 5.92 Å². The molecule has 0 spiro atoms. The lowest BCUT2D eigenvalue weighted by Gasteiger charge is -2.20. The standard InChI is InChI=1S/C11H22N2O4S/c1-8(2)9(7-10(14)15)13-11(16)12-5-4-6-18(3)17/h8-9H,4-7H2,1-3H3,(H,14,15)(H2,12,13,16). The van der Waals surface area contributed by atoms with Gasteiger partial charge in [0.2, 0.25) is 0 Å². The molecule has 7 heteroatoms. The van der Waals surface area contributed by atoms with E-state index < -0.39 is 16.8 Å². The van der Waals surface area contributed by atoms with Gasteiger partial charge in [0, 0.05) is 35.4 Å². The Balaban J connectivity index is 3.95. The van der Waals surface area contributed by atoms with E-state index in [-0.39, 0.29) is 24.4 Å². The molecular formula is C11H22N2O4S. The average Bonchev–Trinajstić information content (AvgIpc) is 2.22. The first-order valence-corrected chi connectivity index (χ1v) is 7.61. The van der Waals surface area contributed by atoms with Crippen LogP contribution in [0.5, 0.6) is 0 Å². The van der Waals surface area contributed by atoms with E-state index in [0.29, 0.717) is 18.7 Å². The van der Waals surface area contributed by atoms with E-state index in [1.54, 1.807) is 6.26 Å². The Bertz CT molecular complexity index is 307. The zero-order valence-electron chi connectivity index (χ0n) is 11.1. The zero-order chi connectivity index (χ0) is 14.1. The van der Waals surface area contributed by atoms with Crippen molar-refractivity contribution in [2.24, 2.45) is 5.92 Å². The van der Waals surface area contributed by atoms with Gasteiger partial charge in [-0.15, -0.1) is 0 Å². The minimum atomic E-state index is -0.935. The molecule has 0 bridgehead atoms. The number of hydrogen-bond acceptors (Lipinski definition) is 3. The summed E-state index contributed by atoms with van der Waals surface area (Å²) < 4.78 is 10.8. The lowest BCUT2D eigenvalue weighted by molar-refractivity contribution is -0.137. The molecule has 0 aromatic carbocycles. The molecule has 0 rings (SSSR count). The van der Waals surface area contributed by atoms with E-state index in [0.717, 1.165) is 0 Å². The molecule has 6 nitrogen and oxygen atoms in total. The summed E-state index contributed by atoms with van der Waals surface area (Å²) in [6.07, 6.45) is 2.16. The maximum atomic E-state index is 11.5. The molecule has 0 aromatic rings. The highest BCUT2D eigenvalue weighted by Gasteiger charge is 2.18. The topological polar surface area (TPSA) is 95.5 Å². The predicted octanol–water partition coefficient (Wildman–Crippen LogP) is 0.554. The highest BCUT2D eigenvalue weighted by molar-refractivity contribution is 7.84. The number of rotatable bonds is 8. The summed E-state index contributed by atoms with van der Waals surface area (Å²) in [6.45, 7) is 4.14. The SMILES string of the molecule is CC(C)C(CC(=O)O)NC(=O)NCCCS(C)=O. The number of amides is 2. The summed E-state index contributed by atoms with van der Waals surface area (Å²) in [6, 6.07) is -0.764. The van der Waals surface area contributed by atoms with Crippen LogP contribution >= 0.6 is 0 Å². The van der Waals surface area contributed by atoms with Crippen molar-refractivity contribution >= 4 is 22.8 Å². The van der Waals surface area contributed by atoms with Crippen LogP contribution in [0.1, 0.15) is 26.7 Å². The van der Waals surface area contributed by atoms with Crippen LogP contribution < -0.4 is 10.6 Å². The first kappa shape index (κ1) is 16.9. The van der Waals surface area contributed by atoms with Gasteiger partial charge in [0.1, 0.15) is 0 Å². The van der Waals surface area contributed by atoms with Crippen LogP contribution in [0.25, 0.3) is 0 Å². The molecule has 0 aliphatic heterocycles. The molecule has 0 aliphatic rings. The second-order valence-corrected chi connectivity index (χ2v) is 6.03. The highest BCUT2D eigenvalue weighted by Crippen LogP contribution is 2.05. The Morgan fingerprint density at radius 3 is 2.39 bits per heavy atom. The van der Waals surface area contributed by atoms with Crippen molar-refractivity contribution in [2.45, 2.75) is 32.7 Å². The van der Waals surface area contributed by atoms with Crippen LogP contribution in [-0.4, -0.2) is 45.9 Å². The molecule has 2 atom stereocenters. The largest absolute Gasteiger partial charge is 0.481 e. The normalized spacial score (nSPS) is 14.0. The van der Waals surface area contributed by atoms with Gasteiger partial charge in [0.25, 0.3) is 0 Å². The van der Waals surface area contributed by atoms with Crippen LogP contribution in [0.2, 0.25) is 0 Å². The minimum absolute atomic E-state index is 0.0509. The monoisotopic (exact) mass is 278 g/mol. The highest BCUT2D eigenvalue weighted by atomic mass is 32.2. The second-order valence-electron chi connectivity index (χ2n) is 4.48. The Labute approximate surface area is 110 Å². The number of carboxylic acids is 1. The Hall–Kier alpha value is -1.11. The molecule has 0 radical (unpaired) electrons. The molecule has 2 unspecified atom stereocenters. The number of hydrogen-bond donors (Lipinski definition) is 3. The summed E-state index contributed by atoms with van der Waals surface area (Å²) in [5, 5.41) is 14.0. The van der Waals surface area contributed by atoms with E-state index >= 15 is 0 Å². The number of nitrogens with one attached hydrogen (secondary N) is 2. The van der Waals surface area contributed by atoms with Gasteiger partial charge in [0.15, 0.2) is 0 Å². The zero-order valence-corrected chi connectivity index (χ0v) is 11.9. The van der Waals surface area contributed by atoms with E-state index in [2.05, 4.69) is 10.6 Å². The summed E-state index contributed by atoms with van der Waals surface area (Å²) in [4.78, 5) is 22.1. The van der Waals surface area contributed by atoms with Gasteiger partial charge in [-0.2, -0.15) is 0 Å². The van der Waals surface area contributed by atoms with Crippen molar-refractivity contribution in [3.8, 4) is 0 Å². The molecular weight excluding hydrogens is 256 g/mol. The van der Waals surface area contributed by atoms with Gasteiger partial charge in [-0.05, 0) is 12.3 Å². The molecule has 18 heavy (non-hydrogen) atoms. The Kier molecular flexibility index (Phi) is 8.36. The average molecular weight is 278 g/mol. The van der Waals surface area contributed by atoms with E-state index in [4.69, 9.17) is 5.11 Å². The smallest absolute Gasteiger partial charge is 0.315 e. The fraction of sp³-hybridized carbons (Fsp3) is 0.818. The predicted molar refractivity (Wildman–Crippen MR) is 71.0 cm³/mol. The molecule has 0 heterocycles. The maximum absolute atomic E-state index is 11.5. The third-order valence-electron chi connectivity index (χ3n) is 2.41. The van der Waals surface area contributed by atoms with Crippen LogP contribution in [0.4, 0.5) is 4.79 Å². The number of carbonyl (C=O) groups is 2. The second kappa shape index (κ2) is 8.91. The van der Waals surface area contributed by atoms with Gasteiger partial charge in [0.05, 0.1) is 6.42 Å². The van der Waals surface area contributed by atoms with Crippen molar-refractivity contribution in [1.29, 1.82) is 0 Å². The summed E-state index contributed by atoms with van der Waals surface area (Å²) in [5.41, 5.74) is 0. The molecule has 0 aliphatic carbocycles. The van der Waals surface area contributed by atoms with Crippen molar-refractivity contribution in [2.75, 3.05) is 18.6 Å². The van der Waals surface area contributed by atoms with Gasteiger partial charge < -0.3 is 15.7 Å². The minimum Gasteiger partial charge on any atom is -0.481 e. The summed E-state index contributed by atoms with van der Waals surface area (Å²) in [5.74, 6) is -0.339.